The summed E-state index contributed by atoms with van der Waals surface area (Å²) in [6.45, 7) is 0.256. The standard InChI is InChI=1S/C17H17NO3/c19-16-8-4-7-13-14(16)9-10-15(13)18-17(20)21-11-12-5-2-1-3-6-12/h1-8,15,19H,9-11H2,(H,18,20). The van der Waals surface area contributed by atoms with Gasteiger partial charge in [-0.1, -0.05) is 42.5 Å². The Bertz CT molecular complexity index is 640. The van der Waals surface area contributed by atoms with Crippen LogP contribution < -0.4 is 5.32 Å². The molecule has 0 radical (unpaired) electrons. The molecular formula is C17H17NO3. The zero-order chi connectivity index (χ0) is 14.7. The second kappa shape index (κ2) is 5.87. The van der Waals surface area contributed by atoms with Gasteiger partial charge in [-0.15, -0.1) is 0 Å². The summed E-state index contributed by atoms with van der Waals surface area (Å²) >= 11 is 0. The topological polar surface area (TPSA) is 58.6 Å². The molecule has 0 spiro atoms. The Morgan fingerprint density at radius 2 is 2.00 bits per heavy atom. The number of benzene rings is 2. The summed E-state index contributed by atoms with van der Waals surface area (Å²) in [7, 11) is 0. The van der Waals surface area contributed by atoms with Gasteiger partial charge in [-0.05, 0) is 35.6 Å². The third kappa shape index (κ3) is 2.99. The molecule has 1 unspecified atom stereocenters. The predicted molar refractivity (Wildman–Crippen MR) is 78.9 cm³/mol. The van der Waals surface area contributed by atoms with Crippen molar-refractivity contribution in [3.63, 3.8) is 0 Å². The molecule has 0 aromatic heterocycles. The molecule has 0 aliphatic heterocycles. The second-order valence-electron chi connectivity index (χ2n) is 5.14. The number of fused-ring (bicyclic) bond motifs is 1. The minimum Gasteiger partial charge on any atom is -0.508 e. The first-order valence-electron chi connectivity index (χ1n) is 7.02. The third-order valence-corrected chi connectivity index (χ3v) is 3.75. The molecule has 1 atom stereocenters. The van der Waals surface area contributed by atoms with Crippen LogP contribution in [0.5, 0.6) is 5.75 Å². The van der Waals surface area contributed by atoms with E-state index in [1.807, 2.05) is 36.4 Å². The lowest BCUT2D eigenvalue weighted by molar-refractivity contribution is 0.135. The summed E-state index contributed by atoms with van der Waals surface area (Å²) in [5.74, 6) is 0.300. The number of nitrogens with one attached hydrogen (secondary N) is 1. The van der Waals surface area contributed by atoms with Crippen molar-refractivity contribution in [2.75, 3.05) is 0 Å². The fraction of sp³-hybridized carbons (Fsp3) is 0.235. The van der Waals surface area contributed by atoms with Gasteiger partial charge in [0.1, 0.15) is 12.4 Å². The number of hydrogen-bond acceptors (Lipinski definition) is 3. The fourth-order valence-corrected chi connectivity index (χ4v) is 2.69. The molecule has 0 saturated heterocycles. The lowest BCUT2D eigenvalue weighted by atomic mass is 10.1. The second-order valence-corrected chi connectivity index (χ2v) is 5.14. The maximum absolute atomic E-state index is 11.9. The van der Waals surface area contributed by atoms with Gasteiger partial charge in [0, 0.05) is 0 Å². The highest BCUT2D eigenvalue weighted by Crippen LogP contribution is 2.36. The number of aromatic hydroxyl groups is 1. The SMILES string of the molecule is O=C(NC1CCc2c(O)cccc21)OCc1ccccc1. The monoisotopic (exact) mass is 283 g/mol. The van der Waals surface area contributed by atoms with Crippen LogP contribution in [0.2, 0.25) is 0 Å². The molecule has 3 rings (SSSR count). The van der Waals surface area contributed by atoms with Gasteiger partial charge in [0.15, 0.2) is 0 Å². The molecule has 0 fully saturated rings. The quantitative estimate of drug-likeness (QED) is 0.908. The van der Waals surface area contributed by atoms with Crippen LogP contribution in [0, 0.1) is 0 Å². The van der Waals surface area contributed by atoms with Crippen molar-refractivity contribution in [3.8, 4) is 5.75 Å². The average molecular weight is 283 g/mol. The molecule has 1 amide bonds. The van der Waals surface area contributed by atoms with Crippen LogP contribution in [-0.4, -0.2) is 11.2 Å². The van der Waals surface area contributed by atoms with Crippen LogP contribution in [0.25, 0.3) is 0 Å². The molecule has 2 aromatic carbocycles. The first-order chi connectivity index (χ1) is 10.2. The molecule has 4 nitrogen and oxygen atoms in total. The highest BCUT2D eigenvalue weighted by molar-refractivity contribution is 5.68. The maximum Gasteiger partial charge on any atom is 0.407 e. The summed E-state index contributed by atoms with van der Waals surface area (Å²) in [5, 5.41) is 12.7. The molecular weight excluding hydrogens is 266 g/mol. The largest absolute Gasteiger partial charge is 0.508 e. The predicted octanol–water partition coefficient (Wildman–Crippen LogP) is 3.31. The van der Waals surface area contributed by atoms with E-state index in [0.29, 0.717) is 5.75 Å². The Morgan fingerprint density at radius 1 is 1.19 bits per heavy atom. The lowest BCUT2D eigenvalue weighted by Crippen LogP contribution is -2.27. The van der Waals surface area contributed by atoms with E-state index >= 15 is 0 Å². The molecule has 1 aliphatic rings. The Hall–Kier alpha value is -2.49. The molecule has 108 valence electrons. The number of rotatable bonds is 3. The number of hydrogen-bond donors (Lipinski definition) is 2. The Kier molecular flexibility index (Phi) is 3.77. The molecule has 2 N–H and O–H groups in total. The van der Waals surface area contributed by atoms with E-state index in [-0.39, 0.29) is 12.6 Å². The first-order valence-corrected chi connectivity index (χ1v) is 7.02. The Balaban J connectivity index is 1.59. The van der Waals surface area contributed by atoms with Crippen LogP contribution in [0.1, 0.15) is 29.2 Å². The average Bonchev–Trinajstić information content (AvgIpc) is 2.91. The molecule has 0 heterocycles. The van der Waals surface area contributed by atoms with Crippen molar-refractivity contribution < 1.29 is 14.6 Å². The van der Waals surface area contributed by atoms with Gasteiger partial charge in [-0.25, -0.2) is 4.79 Å². The number of phenols is 1. The molecule has 21 heavy (non-hydrogen) atoms. The van der Waals surface area contributed by atoms with Crippen LogP contribution in [0.3, 0.4) is 0 Å². The molecule has 4 heteroatoms. The zero-order valence-electron chi connectivity index (χ0n) is 11.6. The minimum atomic E-state index is -0.431. The normalized spacial score (nSPS) is 16.3. The van der Waals surface area contributed by atoms with Gasteiger partial charge in [-0.3, -0.25) is 0 Å². The van der Waals surface area contributed by atoms with E-state index in [9.17, 15) is 9.90 Å². The number of amides is 1. The van der Waals surface area contributed by atoms with Gasteiger partial charge < -0.3 is 15.2 Å². The minimum absolute atomic E-state index is 0.0876. The van der Waals surface area contributed by atoms with Crippen LogP contribution in [0.4, 0.5) is 4.79 Å². The lowest BCUT2D eigenvalue weighted by Gasteiger charge is -2.14. The van der Waals surface area contributed by atoms with Crippen molar-refractivity contribution in [1.82, 2.24) is 5.32 Å². The Labute approximate surface area is 123 Å². The number of carbonyl (C=O) groups is 1. The number of ether oxygens (including phenoxy) is 1. The summed E-state index contributed by atoms with van der Waals surface area (Å²) in [5.41, 5.74) is 2.86. The summed E-state index contributed by atoms with van der Waals surface area (Å²) in [6, 6.07) is 14.9. The van der Waals surface area contributed by atoms with Crippen molar-refractivity contribution in [2.45, 2.75) is 25.5 Å². The number of phenolic OH excluding ortho intramolecular Hbond substituents is 1. The highest BCUT2D eigenvalue weighted by Gasteiger charge is 2.26. The summed E-state index contributed by atoms with van der Waals surface area (Å²) in [6.07, 6.45) is 1.12. The number of carbonyl (C=O) groups excluding carboxylic acids is 1. The van der Waals surface area contributed by atoms with E-state index in [1.165, 1.54) is 0 Å². The number of alkyl carbamates (subject to hydrolysis) is 1. The maximum atomic E-state index is 11.9. The summed E-state index contributed by atoms with van der Waals surface area (Å²) in [4.78, 5) is 11.9. The van der Waals surface area contributed by atoms with Crippen molar-refractivity contribution in [1.29, 1.82) is 0 Å². The highest BCUT2D eigenvalue weighted by atomic mass is 16.5. The van der Waals surface area contributed by atoms with Crippen molar-refractivity contribution >= 4 is 6.09 Å². The molecule has 0 saturated carbocycles. The van der Waals surface area contributed by atoms with E-state index in [0.717, 1.165) is 29.5 Å². The van der Waals surface area contributed by atoms with Crippen LogP contribution in [-0.2, 0) is 17.8 Å². The van der Waals surface area contributed by atoms with E-state index in [2.05, 4.69) is 5.32 Å². The fourth-order valence-electron chi connectivity index (χ4n) is 2.69. The molecule has 1 aliphatic carbocycles. The van der Waals surface area contributed by atoms with Gasteiger partial charge in [0.25, 0.3) is 0 Å². The molecule has 0 bridgehead atoms. The van der Waals surface area contributed by atoms with Crippen LogP contribution in [0.15, 0.2) is 48.5 Å². The van der Waals surface area contributed by atoms with Crippen molar-refractivity contribution in [2.24, 2.45) is 0 Å². The first kappa shape index (κ1) is 13.5. The van der Waals surface area contributed by atoms with E-state index in [4.69, 9.17) is 4.74 Å². The van der Waals surface area contributed by atoms with Gasteiger partial charge in [0.2, 0.25) is 0 Å². The zero-order valence-corrected chi connectivity index (χ0v) is 11.6. The van der Waals surface area contributed by atoms with Crippen LogP contribution >= 0.6 is 0 Å². The van der Waals surface area contributed by atoms with Gasteiger partial charge in [0.05, 0.1) is 6.04 Å². The Morgan fingerprint density at radius 3 is 2.81 bits per heavy atom. The smallest absolute Gasteiger partial charge is 0.407 e. The van der Waals surface area contributed by atoms with Crippen molar-refractivity contribution in [3.05, 3.63) is 65.2 Å². The van der Waals surface area contributed by atoms with Gasteiger partial charge in [-0.2, -0.15) is 0 Å². The summed E-state index contributed by atoms with van der Waals surface area (Å²) < 4.78 is 5.22. The third-order valence-electron chi connectivity index (χ3n) is 3.75. The van der Waals surface area contributed by atoms with Gasteiger partial charge >= 0.3 is 6.09 Å². The van der Waals surface area contributed by atoms with E-state index < -0.39 is 6.09 Å². The van der Waals surface area contributed by atoms with E-state index in [1.54, 1.807) is 12.1 Å². The molecule has 2 aromatic rings.